The van der Waals surface area contributed by atoms with E-state index in [1.165, 1.54) is 15.9 Å². The third-order valence-electron chi connectivity index (χ3n) is 4.74. The van der Waals surface area contributed by atoms with Crippen molar-refractivity contribution in [3.63, 3.8) is 0 Å². The molecule has 9 heteroatoms. The van der Waals surface area contributed by atoms with Crippen LogP contribution in [0.5, 0.6) is 0 Å². The van der Waals surface area contributed by atoms with Gasteiger partial charge in [0.25, 0.3) is 5.56 Å². The van der Waals surface area contributed by atoms with Crippen molar-refractivity contribution < 1.29 is 4.79 Å². The highest BCUT2D eigenvalue weighted by atomic mass is 32.1. The monoisotopic (exact) mass is 398 g/mol. The van der Waals surface area contributed by atoms with Gasteiger partial charge in [-0.25, -0.2) is 9.78 Å². The molecule has 3 aromatic rings. The van der Waals surface area contributed by atoms with Crippen molar-refractivity contribution in [2.75, 3.05) is 18.4 Å². The third-order valence-corrected chi connectivity index (χ3v) is 5.56. The van der Waals surface area contributed by atoms with Crippen LogP contribution in [-0.2, 0) is 6.54 Å². The molecule has 28 heavy (non-hydrogen) atoms. The SMILES string of the molecule is Cc1nn2c(=O)cc(CN3CCC(NC(=O)Nc4ccccc4)CC3)nc2s1. The van der Waals surface area contributed by atoms with Crippen molar-refractivity contribution in [1.82, 2.24) is 24.8 Å². The number of para-hydroxylation sites is 1. The maximum absolute atomic E-state index is 12.2. The van der Waals surface area contributed by atoms with E-state index in [0.717, 1.165) is 42.3 Å². The van der Waals surface area contributed by atoms with E-state index < -0.39 is 0 Å². The van der Waals surface area contributed by atoms with Crippen molar-refractivity contribution >= 4 is 28.0 Å². The van der Waals surface area contributed by atoms with Gasteiger partial charge >= 0.3 is 6.03 Å². The number of piperidine rings is 1. The Bertz CT molecular complexity index is 1020. The predicted molar refractivity (Wildman–Crippen MR) is 109 cm³/mol. The van der Waals surface area contributed by atoms with Gasteiger partial charge in [0, 0.05) is 37.4 Å². The predicted octanol–water partition coefficient (Wildman–Crippen LogP) is 2.25. The summed E-state index contributed by atoms with van der Waals surface area (Å²) in [5, 5.41) is 10.9. The van der Waals surface area contributed by atoms with Crippen LogP contribution in [-0.4, -0.2) is 44.7 Å². The van der Waals surface area contributed by atoms with Crippen LogP contribution in [0.1, 0.15) is 23.5 Å². The first-order chi connectivity index (χ1) is 13.6. The first-order valence-corrected chi connectivity index (χ1v) is 10.1. The molecule has 8 nitrogen and oxygen atoms in total. The van der Waals surface area contributed by atoms with Crippen LogP contribution in [0.25, 0.3) is 4.96 Å². The smallest absolute Gasteiger partial charge is 0.319 e. The Labute approximate surface area is 166 Å². The lowest BCUT2D eigenvalue weighted by Gasteiger charge is -2.32. The maximum Gasteiger partial charge on any atom is 0.319 e. The number of hydrogen-bond acceptors (Lipinski definition) is 6. The molecule has 1 aliphatic heterocycles. The topological polar surface area (TPSA) is 91.6 Å². The number of benzene rings is 1. The van der Waals surface area contributed by atoms with Crippen molar-refractivity contribution in [1.29, 1.82) is 0 Å². The molecule has 0 aliphatic carbocycles. The Balaban J connectivity index is 1.29. The lowest BCUT2D eigenvalue weighted by molar-refractivity contribution is 0.188. The minimum absolute atomic E-state index is 0.140. The van der Waals surface area contributed by atoms with Crippen LogP contribution in [0, 0.1) is 6.92 Å². The number of fused-ring (bicyclic) bond motifs is 1. The number of aryl methyl sites for hydroxylation is 1. The summed E-state index contributed by atoms with van der Waals surface area (Å²) in [4.78, 5) is 31.8. The molecule has 3 heterocycles. The zero-order chi connectivity index (χ0) is 19.5. The minimum Gasteiger partial charge on any atom is -0.335 e. The summed E-state index contributed by atoms with van der Waals surface area (Å²) in [6.07, 6.45) is 1.73. The highest BCUT2D eigenvalue weighted by Crippen LogP contribution is 2.15. The Morgan fingerprint density at radius 2 is 2.00 bits per heavy atom. The average Bonchev–Trinajstić information content (AvgIpc) is 3.05. The summed E-state index contributed by atoms with van der Waals surface area (Å²) < 4.78 is 1.35. The van der Waals surface area contributed by atoms with E-state index in [1.807, 2.05) is 37.3 Å². The number of likely N-dealkylation sites (tertiary alicyclic amines) is 1. The van der Waals surface area contributed by atoms with Gasteiger partial charge in [-0.1, -0.05) is 29.5 Å². The number of nitrogens with one attached hydrogen (secondary N) is 2. The Hall–Kier alpha value is -2.78. The summed E-state index contributed by atoms with van der Waals surface area (Å²) in [6, 6.07) is 10.9. The molecule has 0 atom stereocenters. The van der Waals surface area contributed by atoms with Crippen LogP contribution in [0.15, 0.2) is 41.2 Å². The number of rotatable bonds is 4. The quantitative estimate of drug-likeness (QED) is 0.703. The molecule has 1 saturated heterocycles. The summed E-state index contributed by atoms with van der Waals surface area (Å²) in [5.74, 6) is 0. The Kier molecular flexibility index (Phi) is 5.36. The number of nitrogens with zero attached hydrogens (tertiary/aromatic N) is 4. The van der Waals surface area contributed by atoms with Crippen LogP contribution >= 0.6 is 11.3 Å². The third kappa shape index (κ3) is 4.37. The molecule has 2 amide bonds. The van der Waals surface area contributed by atoms with Gasteiger partial charge < -0.3 is 10.6 Å². The fourth-order valence-corrected chi connectivity index (χ4v) is 4.14. The molecule has 1 aliphatic rings. The largest absolute Gasteiger partial charge is 0.335 e. The Morgan fingerprint density at radius 3 is 2.75 bits per heavy atom. The molecule has 0 bridgehead atoms. The summed E-state index contributed by atoms with van der Waals surface area (Å²) in [7, 11) is 0. The zero-order valence-electron chi connectivity index (χ0n) is 15.6. The van der Waals surface area contributed by atoms with Crippen molar-refractivity contribution in [3.05, 3.63) is 57.5 Å². The lowest BCUT2D eigenvalue weighted by Crippen LogP contribution is -2.45. The van der Waals surface area contributed by atoms with Gasteiger partial charge in [-0.2, -0.15) is 9.61 Å². The van der Waals surface area contributed by atoms with Gasteiger partial charge in [-0.15, -0.1) is 0 Å². The van der Waals surface area contributed by atoms with Gasteiger partial charge in [0.15, 0.2) is 0 Å². The van der Waals surface area contributed by atoms with E-state index in [9.17, 15) is 9.59 Å². The number of hydrogen-bond donors (Lipinski definition) is 2. The van der Waals surface area contributed by atoms with E-state index in [1.54, 1.807) is 6.07 Å². The fraction of sp³-hybridized carbons (Fsp3) is 0.368. The molecule has 4 rings (SSSR count). The standard InChI is InChI=1S/C19H22N6O2S/c1-13-23-25-17(26)11-16(22-19(25)28-13)12-24-9-7-15(8-10-24)21-18(27)20-14-5-3-2-4-6-14/h2-6,11,15H,7-10,12H2,1H3,(H2,20,21,27). The molecule has 0 radical (unpaired) electrons. The van der Waals surface area contributed by atoms with Crippen molar-refractivity contribution in [2.45, 2.75) is 32.4 Å². The van der Waals surface area contributed by atoms with E-state index in [-0.39, 0.29) is 17.6 Å². The maximum atomic E-state index is 12.2. The summed E-state index contributed by atoms with van der Waals surface area (Å²) in [5.41, 5.74) is 1.41. The molecule has 1 fully saturated rings. The van der Waals surface area contributed by atoms with Crippen LogP contribution in [0.4, 0.5) is 10.5 Å². The highest BCUT2D eigenvalue weighted by Gasteiger charge is 2.21. The Morgan fingerprint density at radius 1 is 1.25 bits per heavy atom. The summed E-state index contributed by atoms with van der Waals surface area (Å²) >= 11 is 1.42. The first-order valence-electron chi connectivity index (χ1n) is 9.28. The number of amides is 2. The number of anilines is 1. The van der Waals surface area contributed by atoms with E-state index in [2.05, 4.69) is 25.6 Å². The molecular formula is C19H22N6O2S. The van der Waals surface area contributed by atoms with Crippen molar-refractivity contribution in [2.24, 2.45) is 0 Å². The molecule has 0 saturated carbocycles. The van der Waals surface area contributed by atoms with E-state index in [4.69, 9.17) is 0 Å². The molecule has 146 valence electrons. The highest BCUT2D eigenvalue weighted by molar-refractivity contribution is 7.16. The summed E-state index contributed by atoms with van der Waals surface area (Å²) in [6.45, 7) is 4.19. The zero-order valence-corrected chi connectivity index (χ0v) is 16.4. The molecule has 0 spiro atoms. The number of carbonyl (C=O) groups is 1. The minimum atomic E-state index is -0.176. The van der Waals surface area contributed by atoms with Crippen LogP contribution in [0.2, 0.25) is 0 Å². The fourth-order valence-electron chi connectivity index (χ4n) is 3.37. The van der Waals surface area contributed by atoms with E-state index >= 15 is 0 Å². The number of carbonyl (C=O) groups excluding carboxylic acids is 1. The second kappa shape index (κ2) is 8.07. The van der Waals surface area contributed by atoms with Gasteiger partial charge in [-0.05, 0) is 31.9 Å². The normalized spacial score (nSPS) is 15.6. The van der Waals surface area contributed by atoms with Crippen LogP contribution in [0.3, 0.4) is 0 Å². The lowest BCUT2D eigenvalue weighted by atomic mass is 10.1. The average molecular weight is 398 g/mol. The first kappa shape index (κ1) is 18.6. The molecule has 2 aromatic heterocycles. The van der Waals surface area contributed by atoms with Gasteiger partial charge in [0.1, 0.15) is 5.01 Å². The van der Waals surface area contributed by atoms with Gasteiger partial charge in [0.2, 0.25) is 4.96 Å². The molecule has 1 aromatic carbocycles. The molecule has 0 unspecified atom stereocenters. The molecular weight excluding hydrogens is 376 g/mol. The second-order valence-electron chi connectivity index (χ2n) is 6.92. The van der Waals surface area contributed by atoms with Gasteiger partial charge in [-0.3, -0.25) is 9.69 Å². The van der Waals surface area contributed by atoms with Crippen LogP contribution < -0.4 is 16.2 Å². The number of urea groups is 1. The number of aromatic nitrogens is 3. The van der Waals surface area contributed by atoms with Gasteiger partial charge in [0.05, 0.1) is 5.69 Å². The van der Waals surface area contributed by atoms with E-state index in [0.29, 0.717) is 11.5 Å². The molecule has 2 N–H and O–H groups in total. The van der Waals surface area contributed by atoms with Crippen molar-refractivity contribution in [3.8, 4) is 0 Å². The second-order valence-corrected chi connectivity index (χ2v) is 8.08.